The Morgan fingerprint density at radius 3 is 1.37 bits per heavy atom. The molecule has 19 heteroatoms. The van der Waals surface area contributed by atoms with Crippen molar-refractivity contribution in [3.8, 4) is 34.3 Å². The zero-order chi connectivity index (χ0) is 48.4. The summed E-state index contributed by atoms with van der Waals surface area (Å²) in [7, 11) is -4.67. The van der Waals surface area contributed by atoms with Gasteiger partial charge in [-0.05, 0) is 98.2 Å². The van der Waals surface area contributed by atoms with Gasteiger partial charge in [0.1, 0.15) is 23.1 Å². The number of rotatable bonds is 10. The van der Waals surface area contributed by atoms with E-state index in [1.165, 1.54) is 0 Å². The van der Waals surface area contributed by atoms with Crippen LogP contribution in [0.15, 0.2) is 84.9 Å². The lowest BCUT2D eigenvalue weighted by Crippen LogP contribution is -2.38. The van der Waals surface area contributed by atoms with Crippen LogP contribution in [0.2, 0.25) is 0 Å². The number of carbonyl (C=O) groups excluding carboxylic acids is 2. The Kier molecular flexibility index (Phi) is 16.4. The van der Waals surface area contributed by atoms with Gasteiger partial charge in [-0.2, -0.15) is 8.42 Å². The molecule has 2 aliphatic heterocycles. The van der Waals surface area contributed by atoms with Gasteiger partial charge in [0, 0.05) is 37.0 Å². The highest BCUT2D eigenvalue weighted by molar-refractivity contribution is 7.79. The molecule has 2 amide bonds. The second kappa shape index (κ2) is 22.1. The number of para-hydroxylation sites is 2. The molecule has 2 fully saturated rings. The molecule has 0 aliphatic carbocycles. The van der Waals surface area contributed by atoms with Crippen LogP contribution in [0.4, 0.5) is 21.2 Å². The van der Waals surface area contributed by atoms with Gasteiger partial charge < -0.3 is 40.1 Å². The SMILES string of the molecule is Cc1ccc2c(N3CC[C@@H](NC(=O)OCC(C)C)C3)nc(-c3ccccc3O)nc2c1.Cc1ccc2c(N3CC[C@@H](NC(=O)OCC(C)C)C3)nc(-c3ccccc3O)nc2c1.O=S(=O)(O)O. The summed E-state index contributed by atoms with van der Waals surface area (Å²) in [5, 5.41) is 28.5. The summed E-state index contributed by atoms with van der Waals surface area (Å²) in [5.41, 5.74) is 5.06. The fourth-order valence-electron chi connectivity index (χ4n) is 7.54. The number of ether oxygens (including phenoxy) is 2. The normalized spacial score (nSPS) is 15.8. The number of anilines is 2. The Bertz CT molecular complexity index is 2630. The number of hydrogen-bond donors (Lipinski definition) is 6. The number of fused-ring (bicyclic) bond motifs is 2. The lowest BCUT2D eigenvalue weighted by atomic mass is 10.1. The first-order chi connectivity index (χ1) is 31.8. The van der Waals surface area contributed by atoms with E-state index in [0.29, 0.717) is 60.9 Å². The van der Waals surface area contributed by atoms with E-state index in [1.54, 1.807) is 24.3 Å². The minimum atomic E-state index is -4.67. The van der Waals surface area contributed by atoms with Crippen molar-refractivity contribution in [3.05, 3.63) is 96.1 Å². The zero-order valence-electron chi connectivity index (χ0n) is 38.4. The molecule has 4 heterocycles. The Labute approximate surface area is 390 Å². The molecule has 18 nitrogen and oxygen atoms in total. The van der Waals surface area contributed by atoms with Crippen LogP contribution >= 0.6 is 0 Å². The molecule has 6 aromatic rings. The van der Waals surface area contributed by atoms with Gasteiger partial charge in [-0.15, -0.1) is 0 Å². The monoisotopic (exact) mass is 938 g/mol. The number of carbonyl (C=O) groups is 2. The molecule has 356 valence electrons. The van der Waals surface area contributed by atoms with Gasteiger partial charge in [0.2, 0.25) is 0 Å². The molecule has 2 atom stereocenters. The second-order valence-electron chi connectivity index (χ2n) is 17.4. The third-order valence-corrected chi connectivity index (χ3v) is 10.7. The molecule has 0 radical (unpaired) electrons. The van der Waals surface area contributed by atoms with Gasteiger partial charge in [-0.25, -0.2) is 29.5 Å². The Morgan fingerprint density at radius 2 is 1.01 bits per heavy atom. The van der Waals surface area contributed by atoms with E-state index < -0.39 is 10.4 Å². The van der Waals surface area contributed by atoms with E-state index >= 15 is 0 Å². The number of nitrogens with one attached hydrogen (secondary N) is 2. The van der Waals surface area contributed by atoms with E-state index in [4.69, 9.17) is 46.9 Å². The van der Waals surface area contributed by atoms with Crippen molar-refractivity contribution in [2.45, 2.75) is 66.5 Å². The average Bonchev–Trinajstić information content (AvgIpc) is 3.94. The predicted octanol–water partition coefficient (Wildman–Crippen LogP) is 7.89. The summed E-state index contributed by atoms with van der Waals surface area (Å²) in [4.78, 5) is 47.6. The third-order valence-electron chi connectivity index (χ3n) is 10.7. The van der Waals surface area contributed by atoms with Crippen molar-refractivity contribution in [1.82, 2.24) is 30.6 Å². The number of amides is 2. The molecule has 0 bridgehead atoms. The summed E-state index contributed by atoms with van der Waals surface area (Å²) in [6.45, 7) is 15.7. The fraction of sp³-hybridized carbons (Fsp3) is 0.375. The third kappa shape index (κ3) is 14.1. The number of aromatic hydroxyl groups is 2. The maximum atomic E-state index is 12.1. The number of alkyl carbamates (subject to hydrolysis) is 2. The number of benzene rings is 4. The highest BCUT2D eigenvalue weighted by atomic mass is 32.3. The zero-order valence-corrected chi connectivity index (χ0v) is 39.2. The predicted molar refractivity (Wildman–Crippen MR) is 257 cm³/mol. The molecular weight excluding hydrogens is 881 g/mol. The van der Waals surface area contributed by atoms with Crippen LogP contribution in [0, 0.1) is 25.7 Å². The first-order valence-corrected chi connectivity index (χ1v) is 23.4. The van der Waals surface area contributed by atoms with Crippen LogP contribution in [0.25, 0.3) is 44.6 Å². The minimum absolute atomic E-state index is 0.0105. The first-order valence-electron chi connectivity index (χ1n) is 22.0. The molecule has 0 unspecified atom stereocenters. The van der Waals surface area contributed by atoms with Crippen molar-refractivity contribution in [3.63, 3.8) is 0 Å². The Hall–Kier alpha value is -6.83. The van der Waals surface area contributed by atoms with Gasteiger partial charge in [-0.3, -0.25) is 9.11 Å². The van der Waals surface area contributed by atoms with Crippen LogP contribution in [-0.4, -0.2) is 111 Å². The van der Waals surface area contributed by atoms with Crippen LogP contribution in [0.5, 0.6) is 11.5 Å². The Morgan fingerprint density at radius 1 is 0.642 bits per heavy atom. The molecule has 67 heavy (non-hydrogen) atoms. The summed E-state index contributed by atoms with van der Waals surface area (Å²) in [6.07, 6.45) is 0.859. The van der Waals surface area contributed by atoms with Gasteiger partial charge in [0.25, 0.3) is 0 Å². The van der Waals surface area contributed by atoms with Crippen LogP contribution in [0.1, 0.15) is 51.7 Å². The molecule has 8 rings (SSSR count). The van der Waals surface area contributed by atoms with Gasteiger partial charge in [-0.1, -0.05) is 64.1 Å². The molecule has 0 spiro atoms. The van der Waals surface area contributed by atoms with Gasteiger partial charge >= 0.3 is 22.6 Å². The molecule has 0 saturated carbocycles. The quantitative estimate of drug-likeness (QED) is 0.0715. The number of aryl methyl sites for hydroxylation is 2. The van der Waals surface area contributed by atoms with E-state index in [1.807, 2.05) is 102 Å². The molecule has 6 N–H and O–H groups in total. The summed E-state index contributed by atoms with van der Waals surface area (Å²) in [5.74, 6) is 3.48. The van der Waals surface area contributed by atoms with Crippen LogP contribution in [0.3, 0.4) is 0 Å². The first kappa shape index (κ1) is 49.6. The highest BCUT2D eigenvalue weighted by Crippen LogP contribution is 2.35. The minimum Gasteiger partial charge on any atom is -0.507 e. The molecule has 4 aromatic carbocycles. The molecule has 2 saturated heterocycles. The largest absolute Gasteiger partial charge is 0.507 e. The lowest BCUT2D eigenvalue weighted by Gasteiger charge is -2.21. The van der Waals surface area contributed by atoms with Gasteiger partial charge in [0.15, 0.2) is 11.6 Å². The standard InChI is InChI=1S/2C24H28N4O3.H2O4S/c2*1-15(2)14-31-24(30)25-17-10-11-28(13-17)23-18-9-8-16(3)12-20(18)26-22(27-23)19-6-4-5-7-21(19)29;1-5(2,3)4/h2*4-9,12,15,17,29H,10-11,13-14H2,1-3H3,(H,25,30);(H2,1,2,3,4)/t2*17-;/m11./s1. The summed E-state index contributed by atoms with van der Waals surface area (Å²) < 4.78 is 42.1. The molecule has 2 aliphatic rings. The number of aromatic nitrogens is 4. The van der Waals surface area contributed by atoms with Crippen LogP contribution in [-0.2, 0) is 19.9 Å². The molecule has 2 aromatic heterocycles. The van der Waals surface area contributed by atoms with Crippen molar-refractivity contribution >= 4 is 56.0 Å². The van der Waals surface area contributed by atoms with Crippen molar-refractivity contribution in [1.29, 1.82) is 0 Å². The maximum Gasteiger partial charge on any atom is 0.407 e. The van der Waals surface area contributed by atoms with E-state index in [2.05, 4.69) is 20.4 Å². The average molecular weight is 939 g/mol. The number of phenols is 2. The summed E-state index contributed by atoms with van der Waals surface area (Å²) >= 11 is 0. The second-order valence-corrected chi connectivity index (χ2v) is 18.3. The highest BCUT2D eigenvalue weighted by Gasteiger charge is 2.29. The topological polar surface area (TPSA) is 250 Å². The number of nitrogens with zero attached hydrogens (tertiary/aromatic N) is 6. The summed E-state index contributed by atoms with van der Waals surface area (Å²) in [6, 6.07) is 26.4. The van der Waals surface area contributed by atoms with E-state index in [0.717, 1.165) is 70.5 Å². The fourth-order valence-corrected chi connectivity index (χ4v) is 7.54. The van der Waals surface area contributed by atoms with Gasteiger partial charge in [0.05, 0.1) is 47.5 Å². The van der Waals surface area contributed by atoms with Crippen molar-refractivity contribution in [2.75, 3.05) is 49.2 Å². The maximum absolute atomic E-state index is 12.1. The smallest absolute Gasteiger partial charge is 0.407 e. The van der Waals surface area contributed by atoms with Crippen molar-refractivity contribution < 1.29 is 46.8 Å². The van der Waals surface area contributed by atoms with Crippen molar-refractivity contribution in [2.24, 2.45) is 11.8 Å². The number of phenolic OH excluding ortho intramolecular Hbond substituents is 2. The Balaban J connectivity index is 0.000000201. The molecular formula is C48H58N8O10S. The van der Waals surface area contributed by atoms with E-state index in [-0.39, 0.29) is 35.8 Å². The van der Waals surface area contributed by atoms with Crippen LogP contribution < -0.4 is 20.4 Å². The lowest BCUT2D eigenvalue weighted by molar-refractivity contribution is 0.129. The van der Waals surface area contributed by atoms with E-state index in [9.17, 15) is 19.8 Å². The number of hydrogen-bond acceptors (Lipinski definition) is 14.